The van der Waals surface area contributed by atoms with Crippen molar-refractivity contribution in [2.75, 3.05) is 52.5 Å². The number of nitrogens with one attached hydrogen (secondary N) is 1. The number of carbonyl (C=O) groups excluding carboxylic acids is 1. The van der Waals surface area contributed by atoms with Crippen molar-refractivity contribution in [1.82, 2.24) is 15.1 Å². The third-order valence-electron chi connectivity index (χ3n) is 6.51. The smallest absolute Gasteiger partial charge is 0.251 e. The van der Waals surface area contributed by atoms with Crippen LogP contribution in [-0.4, -0.2) is 68.2 Å². The van der Waals surface area contributed by atoms with Crippen molar-refractivity contribution in [3.8, 4) is 0 Å². The highest BCUT2D eigenvalue weighted by Gasteiger charge is 2.19. The summed E-state index contributed by atoms with van der Waals surface area (Å²) in [4.78, 5) is 17.3. The minimum Gasteiger partial charge on any atom is -0.379 e. The summed E-state index contributed by atoms with van der Waals surface area (Å²) in [6.07, 6.45) is 3.72. The standard InChI is InChI=1S/C26H35N3O2/c30-26(27-12-15-28-16-18-31-19-17-28)25-8-6-24(7-9-25)21-29-13-10-23(11-14-29)20-22-4-2-1-3-5-22/h1-9,23H,10-21H2,(H,27,30). The zero-order chi connectivity index (χ0) is 21.3. The highest BCUT2D eigenvalue weighted by atomic mass is 16.5. The van der Waals surface area contributed by atoms with E-state index in [0.717, 1.165) is 64.0 Å². The Balaban J connectivity index is 1.17. The van der Waals surface area contributed by atoms with Gasteiger partial charge in [0, 0.05) is 38.3 Å². The van der Waals surface area contributed by atoms with Crippen LogP contribution >= 0.6 is 0 Å². The first-order valence-electron chi connectivity index (χ1n) is 11.7. The van der Waals surface area contributed by atoms with E-state index in [1.54, 1.807) is 0 Å². The Hall–Kier alpha value is -2.21. The summed E-state index contributed by atoms with van der Waals surface area (Å²) in [6.45, 7) is 8.33. The number of amides is 1. The first-order valence-corrected chi connectivity index (χ1v) is 11.7. The average Bonchev–Trinajstić information content (AvgIpc) is 2.82. The molecule has 0 radical (unpaired) electrons. The molecule has 4 rings (SSSR count). The van der Waals surface area contributed by atoms with E-state index in [1.165, 1.54) is 30.4 Å². The van der Waals surface area contributed by atoms with Crippen molar-refractivity contribution in [3.63, 3.8) is 0 Å². The van der Waals surface area contributed by atoms with Gasteiger partial charge < -0.3 is 10.1 Å². The Labute approximate surface area is 186 Å². The lowest BCUT2D eigenvalue weighted by Crippen LogP contribution is -2.41. The van der Waals surface area contributed by atoms with Crippen LogP contribution in [-0.2, 0) is 17.7 Å². The molecule has 166 valence electrons. The number of benzene rings is 2. The molecule has 2 aliphatic heterocycles. The predicted octanol–water partition coefficient (Wildman–Crippen LogP) is 3.20. The fourth-order valence-electron chi connectivity index (χ4n) is 4.57. The van der Waals surface area contributed by atoms with Crippen LogP contribution in [0.4, 0.5) is 0 Å². The molecule has 5 nitrogen and oxygen atoms in total. The average molecular weight is 422 g/mol. The highest BCUT2D eigenvalue weighted by molar-refractivity contribution is 5.94. The van der Waals surface area contributed by atoms with E-state index in [0.29, 0.717) is 6.54 Å². The van der Waals surface area contributed by atoms with Gasteiger partial charge >= 0.3 is 0 Å². The number of likely N-dealkylation sites (tertiary alicyclic amines) is 1. The molecule has 1 N–H and O–H groups in total. The lowest BCUT2D eigenvalue weighted by molar-refractivity contribution is 0.0383. The van der Waals surface area contributed by atoms with Crippen LogP contribution in [0, 0.1) is 5.92 Å². The summed E-state index contributed by atoms with van der Waals surface area (Å²) in [6, 6.07) is 19.0. The Kier molecular flexibility index (Phi) is 8.11. The largest absolute Gasteiger partial charge is 0.379 e. The van der Waals surface area contributed by atoms with E-state index in [2.05, 4.69) is 57.6 Å². The van der Waals surface area contributed by atoms with E-state index in [-0.39, 0.29) is 5.91 Å². The molecule has 5 heteroatoms. The summed E-state index contributed by atoms with van der Waals surface area (Å²) < 4.78 is 5.36. The van der Waals surface area contributed by atoms with Crippen molar-refractivity contribution in [1.29, 1.82) is 0 Å². The Morgan fingerprint density at radius 1 is 0.871 bits per heavy atom. The van der Waals surface area contributed by atoms with Crippen LogP contribution in [0.5, 0.6) is 0 Å². The van der Waals surface area contributed by atoms with E-state index >= 15 is 0 Å². The number of carbonyl (C=O) groups is 1. The first kappa shape index (κ1) is 22.0. The van der Waals surface area contributed by atoms with Crippen LogP contribution in [0.2, 0.25) is 0 Å². The summed E-state index contributed by atoms with van der Waals surface area (Å²) in [7, 11) is 0. The van der Waals surface area contributed by atoms with Gasteiger partial charge in [-0.15, -0.1) is 0 Å². The van der Waals surface area contributed by atoms with E-state index in [4.69, 9.17) is 4.74 Å². The molecule has 31 heavy (non-hydrogen) atoms. The quantitative estimate of drug-likeness (QED) is 0.711. The van der Waals surface area contributed by atoms with Crippen LogP contribution in [0.15, 0.2) is 54.6 Å². The van der Waals surface area contributed by atoms with Crippen molar-refractivity contribution < 1.29 is 9.53 Å². The van der Waals surface area contributed by atoms with Gasteiger partial charge in [-0.25, -0.2) is 0 Å². The van der Waals surface area contributed by atoms with Gasteiger partial charge in [0.1, 0.15) is 0 Å². The minimum absolute atomic E-state index is 0.0153. The maximum Gasteiger partial charge on any atom is 0.251 e. The van der Waals surface area contributed by atoms with Gasteiger partial charge in [0.05, 0.1) is 13.2 Å². The Bertz CT molecular complexity index is 795. The molecule has 0 unspecified atom stereocenters. The van der Waals surface area contributed by atoms with Gasteiger partial charge in [-0.2, -0.15) is 0 Å². The molecule has 2 aromatic rings. The highest BCUT2D eigenvalue weighted by Crippen LogP contribution is 2.23. The van der Waals surface area contributed by atoms with Crippen LogP contribution in [0.25, 0.3) is 0 Å². The molecule has 0 bridgehead atoms. The summed E-state index contributed by atoms with van der Waals surface area (Å²) in [5.74, 6) is 0.809. The van der Waals surface area contributed by atoms with Gasteiger partial charge in [-0.05, 0) is 61.5 Å². The number of rotatable bonds is 8. The molecule has 0 atom stereocenters. The lowest BCUT2D eigenvalue weighted by Gasteiger charge is -2.32. The first-order chi connectivity index (χ1) is 15.3. The second-order valence-electron chi connectivity index (χ2n) is 8.82. The van der Waals surface area contributed by atoms with E-state index in [9.17, 15) is 4.79 Å². The predicted molar refractivity (Wildman–Crippen MR) is 124 cm³/mol. The molecular weight excluding hydrogens is 386 g/mol. The number of hydrogen-bond acceptors (Lipinski definition) is 4. The topological polar surface area (TPSA) is 44.8 Å². The van der Waals surface area contributed by atoms with Crippen molar-refractivity contribution in [2.24, 2.45) is 5.92 Å². The molecule has 2 aromatic carbocycles. The van der Waals surface area contributed by atoms with Crippen LogP contribution in [0.1, 0.15) is 34.3 Å². The molecule has 2 heterocycles. The van der Waals surface area contributed by atoms with Crippen LogP contribution < -0.4 is 5.32 Å². The van der Waals surface area contributed by atoms with Gasteiger partial charge in [-0.1, -0.05) is 42.5 Å². The fourth-order valence-corrected chi connectivity index (χ4v) is 4.57. The second-order valence-corrected chi connectivity index (χ2v) is 8.82. The maximum absolute atomic E-state index is 12.4. The van der Waals surface area contributed by atoms with E-state index in [1.807, 2.05) is 12.1 Å². The Morgan fingerprint density at radius 2 is 1.58 bits per heavy atom. The molecular formula is C26H35N3O2. The third-order valence-corrected chi connectivity index (χ3v) is 6.51. The fraction of sp³-hybridized carbons (Fsp3) is 0.500. The molecule has 2 aliphatic rings. The number of ether oxygens (including phenoxy) is 1. The lowest BCUT2D eigenvalue weighted by atomic mass is 9.90. The molecule has 0 aliphatic carbocycles. The Morgan fingerprint density at radius 3 is 2.29 bits per heavy atom. The van der Waals surface area contributed by atoms with Gasteiger partial charge in [0.2, 0.25) is 0 Å². The summed E-state index contributed by atoms with van der Waals surface area (Å²) in [5, 5.41) is 3.04. The molecule has 0 aromatic heterocycles. The minimum atomic E-state index is 0.0153. The second kappa shape index (κ2) is 11.4. The summed E-state index contributed by atoms with van der Waals surface area (Å²) >= 11 is 0. The van der Waals surface area contributed by atoms with Crippen molar-refractivity contribution in [3.05, 3.63) is 71.3 Å². The molecule has 0 spiro atoms. The summed E-state index contributed by atoms with van der Waals surface area (Å²) in [5.41, 5.74) is 3.48. The van der Waals surface area contributed by atoms with Crippen molar-refractivity contribution >= 4 is 5.91 Å². The molecule has 2 saturated heterocycles. The van der Waals surface area contributed by atoms with Crippen LogP contribution in [0.3, 0.4) is 0 Å². The third kappa shape index (κ3) is 6.89. The number of piperidine rings is 1. The normalized spacial score (nSPS) is 18.7. The SMILES string of the molecule is O=C(NCCN1CCOCC1)c1ccc(CN2CCC(Cc3ccccc3)CC2)cc1. The molecule has 1 amide bonds. The van der Waals surface area contributed by atoms with Gasteiger partial charge in [0.15, 0.2) is 0 Å². The van der Waals surface area contributed by atoms with E-state index < -0.39 is 0 Å². The zero-order valence-electron chi connectivity index (χ0n) is 18.5. The van der Waals surface area contributed by atoms with Gasteiger partial charge in [-0.3, -0.25) is 14.6 Å². The number of nitrogens with zero attached hydrogens (tertiary/aromatic N) is 2. The zero-order valence-corrected chi connectivity index (χ0v) is 18.5. The molecule has 2 fully saturated rings. The number of morpholine rings is 1. The monoisotopic (exact) mass is 421 g/mol. The maximum atomic E-state index is 12.4. The molecule has 0 saturated carbocycles. The van der Waals surface area contributed by atoms with Crippen molar-refractivity contribution in [2.45, 2.75) is 25.8 Å². The number of hydrogen-bond donors (Lipinski definition) is 1. The van der Waals surface area contributed by atoms with Gasteiger partial charge in [0.25, 0.3) is 5.91 Å².